The van der Waals surface area contributed by atoms with Crippen LogP contribution in [0.5, 0.6) is 5.75 Å². The molecule has 0 amide bonds. The van der Waals surface area contributed by atoms with Gasteiger partial charge in [-0.15, -0.1) is 0 Å². The first-order chi connectivity index (χ1) is 9.19. The van der Waals surface area contributed by atoms with E-state index >= 15 is 0 Å². The van der Waals surface area contributed by atoms with Crippen molar-refractivity contribution in [3.8, 4) is 5.75 Å². The first kappa shape index (κ1) is 14.4. The molecule has 1 aliphatic heterocycles. The van der Waals surface area contributed by atoms with Crippen LogP contribution >= 0.6 is 0 Å². The third-order valence-corrected chi connectivity index (χ3v) is 3.50. The number of nitrogens with one attached hydrogen (secondary N) is 1. The summed E-state index contributed by atoms with van der Waals surface area (Å²) in [5.74, 6) is 2.24. The van der Waals surface area contributed by atoms with E-state index in [4.69, 9.17) is 9.47 Å². The van der Waals surface area contributed by atoms with Crippen LogP contribution in [0.1, 0.15) is 31.7 Å². The van der Waals surface area contributed by atoms with Gasteiger partial charge in [-0.3, -0.25) is 0 Å². The molecule has 3 nitrogen and oxygen atoms in total. The van der Waals surface area contributed by atoms with Crippen LogP contribution in [0.25, 0.3) is 0 Å². The van der Waals surface area contributed by atoms with Gasteiger partial charge < -0.3 is 14.8 Å². The van der Waals surface area contributed by atoms with E-state index in [2.05, 4.69) is 29.6 Å². The monoisotopic (exact) mass is 263 g/mol. The second-order valence-electron chi connectivity index (χ2n) is 5.63. The largest absolute Gasteiger partial charge is 0.491 e. The summed E-state index contributed by atoms with van der Waals surface area (Å²) in [6.45, 7) is 6.97. The Kier molecular flexibility index (Phi) is 5.23. The Hall–Kier alpha value is -1.06. The molecule has 0 aromatic heterocycles. The third kappa shape index (κ3) is 4.22. The van der Waals surface area contributed by atoms with Crippen molar-refractivity contribution in [3.63, 3.8) is 0 Å². The zero-order valence-corrected chi connectivity index (χ0v) is 12.2. The zero-order valence-electron chi connectivity index (χ0n) is 12.2. The summed E-state index contributed by atoms with van der Waals surface area (Å²) in [5.41, 5.74) is 1.39. The van der Waals surface area contributed by atoms with Crippen molar-refractivity contribution in [1.29, 1.82) is 0 Å². The number of hydrogen-bond acceptors (Lipinski definition) is 3. The Balaban J connectivity index is 1.99. The highest BCUT2D eigenvalue weighted by Crippen LogP contribution is 2.28. The lowest BCUT2D eigenvalue weighted by atomic mass is 9.88. The van der Waals surface area contributed by atoms with Crippen LogP contribution in [-0.4, -0.2) is 32.9 Å². The van der Waals surface area contributed by atoms with E-state index < -0.39 is 0 Å². The molecule has 1 N–H and O–H groups in total. The minimum atomic E-state index is 0.228. The fourth-order valence-electron chi connectivity index (χ4n) is 2.50. The summed E-state index contributed by atoms with van der Waals surface area (Å²) >= 11 is 0. The lowest BCUT2D eigenvalue weighted by molar-refractivity contribution is -0.0384. The predicted octanol–water partition coefficient (Wildman–Crippen LogP) is 2.81. The van der Waals surface area contributed by atoms with Crippen LogP contribution < -0.4 is 10.1 Å². The highest BCUT2D eigenvalue weighted by atomic mass is 16.5. The molecule has 1 aliphatic rings. The van der Waals surface area contributed by atoms with Gasteiger partial charge >= 0.3 is 0 Å². The SMILES string of the molecule is CNCC(CC1COC1)c1ccc(OC(C)C)cc1. The Morgan fingerprint density at radius 3 is 2.42 bits per heavy atom. The van der Waals surface area contributed by atoms with E-state index in [1.54, 1.807) is 0 Å². The van der Waals surface area contributed by atoms with Crippen molar-refractivity contribution in [2.24, 2.45) is 5.92 Å². The van der Waals surface area contributed by atoms with Gasteiger partial charge in [0.05, 0.1) is 19.3 Å². The zero-order chi connectivity index (χ0) is 13.7. The molecule has 0 radical (unpaired) electrons. The smallest absolute Gasteiger partial charge is 0.119 e. The second-order valence-corrected chi connectivity index (χ2v) is 5.63. The van der Waals surface area contributed by atoms with Gasteiger partial charge in [0.2, 0.25) is 0 Å². The van der Waals surface area contributed by atoms with E-state index in [1.807, 2.05) is 20.9 Å². The summed E-state index contributed by atoms with van der Waals surface area (Å²) in [5, 5.41) is 3.29. The van der Waals surface area contributed by atoms with Crippen molar-refractivity contribution < 1.29 is 9.47 Å². The fraction of sp³-hybridized carbons (Fsp3) is 0.625. The molecule has 2 rings (SSSR count). The molecule has 1 saturated heterocycles. The molecule has 1 heterocycles. The van der Waals surface area contributed by atoms with Crippen LogP contribution in [0, 0.1) is 5.92 Å². The van der Waals surface area contributed by atoms with Gasteiger partial charge in [-0.25, -0.2) is 0 Å². The van der Waals surface area contributed by atoms with Crippen molar-refractivity contribution in [3.05, 3.63) is 29.8 Å². The van der Waals surface area contributed by atoms with E-state index in [9.17, 15) is 0 Å². The van der Waals surface area contributed by atoms with Gasteiger partial charge in [-0.1, -0.05) is 12.1 Å². The van der Waals surface area contributed by atoms with Crippen LogP contribution in [0.2, 0.25) is 0 Å². The van der Waals surface area contributed by atoms with Gasteiger partial charge in [-0.2, -0.15) is 0 Å². The maximum Gasteiger partial charge on any atom is 0.119 e. The highest BCUT2D eigenvalue weighted by Gasteiger charge is 2.23. The van der Waals surface area contributed by atoms with Crippen molar-refractivity contribution in [2.75, 3.05) is 26.8 Å². The Morgan fingerprint density at radius 2 is 1.95 bits per heavy atom. The average molecular weight is 263 g/mol. The van der Waals surface area contributed by atoms with Gasteiger partial charge in [0.15, 0.2) is 0 Å². The van der Waals surface area contributed by atoms with E-state index in [-0.39, 0.29) is 6.10 Å². The number of hydrogen-bond donors (Lipinski definition) is 1. The van der Waals surface area contributed by atoms with E-state index in [0.29, 0.717) is 5.92 Å². The summed E-state index contributed by atoms with van der Waals surface area (Å²) in [7, 11) is 2.01. The summed E-state index contributed by atoms with van der Waals surface area (Å²) in [6.07, 6.45) is 1.43. The topological polar surface area (TPSA) is 30.5 Å². The molecule has 106 valence electrons. The number of rotatable bonds is 7. The molecular weight excluding hydrogens is 238 g/mol. The summed E-state index contributed by atoms with van der Waals surface area (Å²) in [6, 6.07) is 8.54. The molecule has 1 fully saturated rings. The molecule has 0 bridgehead atoms. The quantitative estimate of drug-likeness (QED) is 0.820. The van der Waals surface area contributed by atoms with Crippen molar-refractivity contribution >= 4 is 0 Å². The van der Waals surface area contributed by atoms with Crippen LogP contribution in [0.4, 0.5) is 0 Å². The molecule has 3 heteroatoms. The van der Waals surface area contributed by atoms with Gasteiger partial charge in [-0.05, 0) is 50.9 Å². The molecule has 1 unspecified atom stereocenters. The standard InChI is InChI=1S/C16H25NO2/c1-12(2)19-16-6-4-14(5-7-16)15(9-17-3)8-13-10-18-11-13/h4-7,12-13,15,17H,8-11H2,1-3H3. The lowest BCUT2D eigenvalue weighted by Crippen LogP contribution is -2.31. The molecule has 1 aromatic carbocycles. The Labute approximate surface area is 116 Å². The summed E-state index contributed by atoms with van der Waals surface area (Å²) < 4.78 is 11.0. The van der Waals surface area contributed by atoms with Crippen LogP contribution in [0.15, 0.2) is 24.3 Å². The van der Waals surface area contributed by atoms with Crippen molar-refractivity contribution in [2.45, 2.75) is 32.3 Å². The van der Waals surface area contributed by atoms with Gasteiger partial charge in [0, 0.05) is 12.5 Å². The molecule has 1 atom stereocenters. The summed E-state index contributed by atoms with van der Waals surface area (Å²) in [4.78, 5) is 0. The first-order valence-corrected chi connectivity index (χ1v) is 7.18. The fourth-order valence-corrected chi connectivity index (χ4v) is 2.50. The predicted molar refractivity (Wildman–Crippen MR) is 77.8 cm³/mol. The second kappa shape index (κ2) is 6.92. The minimum Gasteiger partial charge on any atom is -0.491 e. The molecule has 1 aromatic rings. The average Bonchev–Trinajstić information content (AvgIpc) is 2.32. The molecule has 0 aliphatic carbocycles. The Morgan fingerprint density at radius 1 is 1.26 bits per heavy atom. The maximum atomic E-state index is 5.69. The van der Waals surface area contributed by atoms with E-state index in [1.165, 1.54) is 12.0 Å². The minimum absolute atomic E-state index is 0.228. The van der Waals surface area contributed by atoms with Gasteiger partial charge in [0.25, 0.3) is 0 Å². The molecular formula is C16H25NO2. The normalized spacial score (nSPS) is 17.3. The number of likely N-dealkylation sites (N-methyl/N-ethyl adjacent to an activating group) is 1. The number of ether oxygens (including phenoxy) is 2. The molecule has 19 heavy (non-hydrogen) atoms. The third-order valence-electron chi connectivity index (χ3n) is 3.50. The van der Waals surface area contributed by atoms with Crippen LogP contribution in [0.3, 0.4) is 0 Å². The van der Waals surface area contributed by atoms with Crippen LogP contribution in [-0.2, 0) is 4.74 Å². The highest BCUT2D eigenvalue weighted by molar-refractivity contribution is 5.30. The first-order valence-electron chi connectivity index (χ1n) is 7.18. The van der Waals surface area contributed by atoms with Gasteiger partial charge in [0.1, 0.15) is 5.75 Å². The van der Waals surface area contributed by atoms with Crippen molar-refractivity contribution in [1.82, 2.24) is 5.32 Å². The maximum absolute atomic E-state index is 5.69. The Bertz CT molecular complexity index is 371. The molecule has 0 saturated carbocycles. The van der Waals surface area contributed by atoms with E-state index in [0.717, 1.165) is 31.4 Å². The number of benzene rings is 1. The molecule has 0 spiro atoms. The lowest BCUT2D eigenvalue weighted by Gasteiger charge is -2.30.